The predicted molar refractivity (Wildman–Crippen MR) is 114 cm³/mol. The fourth-order valence-corrected chi connectivity index (χ4v) is 3.57. The summed E-state index contributed by atoms with van der Waals surface area (Å²) < 4.78 is 1.76. The van der Waals surface area contributed by atoms with Gasteiger partial charge >= 0.3 is 0 Å². The Labute approximate surface area is 169 Å². The number of rotatable bonds is 5. The van der Waals surface area contributed by atoms with Gasteiger partial charge in [-0.1, -0.05) is 0 Å². The Morgan fingerprint density at radius 1 is 1.10 bits per heavy atom. The third-order valence-corrected chi connectivity index (χ3v) is 5.21. The number of hydrogen-bond acceptors (Lipinski definition) is 7. The zero-order chi connectivity index (χ0) is 20.4. The van der Waals surface area contributed by atoms with Crippen molar-refractivity contribution < 1.29 is 4.79 Å². The Bertz CT molecular complexity index is 989. The van der Waals surface area contributed by atoms with E-state index in [0.717, 1.165) is 54.4 Å². The molecule has 0 unspecified atom stereocenters. The van der Waals surface area contributed by atoms with E-state index in [-0.39, 0.29) is 5.91 Å². The van der Waals surface area contributed by atoms with E-state index in [1.807, 2.05) is 56.5 Å². The molecule has 3 heterocycles. The summed E-state index contributed by atoms with van der Waals surface area (Å²) in [5.41, 5.74) is 2.75. The van der Waals surface area contributed by atoms with Crippen LogP contribution in [-0.4, -0.2) is 77.4 Å². The largest absolute Gasteiger partial charge is 0.378 e. The summed E-state index contributed by atoms with van der Waals surface area (Å²) in [4.78, 5) is 27.6. The molecule has 0 bridgehead atoms. The van der Waals surface area contributed by atoms with Gasteiger partial charge in [-0.15, -0.1) is 0 Å². The Morgan fingerprint density at radius 3 is 2.52 bits per heavy atom. The molecule has 0 spiro atoms. The second-order valence-corrected chi connectivity index (χ2v) is 7.46. The van der Waals surface area contributed by atoms with Crippen molar-refractivity contribution in [3.63, 3.8) is 0 Å². The lowest BCUT2D eigenvalue weighted by atomic mass is 10.2. The highest BCUT2D eigenvalue weighted by atomic mass is 16.2. The molecule has 0 atom stereocenters. The van der Waals surface area contributed by atoms with Gasteiger partial charge in [0, 0.05) is 58.7 Å². The van der Waals surface area contributed by atoms with Gasteiger partial charge in [0.1, 0.15) is 12.1 Å². The van der Waals surface area contributed by atoms with Gasteiger partial charge in [0.2, 0.25) is 5.91 Å². The maximum absolute atomic E-state index is 12.4. The Kier molecular flexibility index (Phi) is 5.30. The van der Waals surface area contributed by atoms with E-state index in [0.29, 0.717) is 6.54 Å². The summed E-state index contributed by atoms with van der Waals surface area (Å²) in [7, 11) is 5.87. The van der Waals surface area contributed by atoms with Gasteiger partial charge in [0.05, 0.1) is 18.1 Å². The molecule has 0 radical (unpaired) electrons. The van der Waals surface area contributed by atoms with Crippen LogP contribution < -0.4 is 15.1 Å². The molecule has 9 nitrogen and oxygen atoms in total. The van der Waals surface area contributed by atoms with E-state index in [2.05, 4.69) is 30.2 Å². The highest BCUT2D eigenvalue weighted by molar-refractivity contribution is 5.92. The van der Waals surface area contributed by atoms with Gasteiger partial charge in [-0.3, -0.25) is 14.4 Å². The first-order chi connectivity index (χ1) is 14.0. The van der Waals surface area contributed by atoms with Crippen molar-refractivity contribution in [2.75, 3.05) is 61.9 Å². The van der Waals surface area contributed by atoms with Crippen LogP contribution in [0.15, 0.2) is 36.8 Å². The maximum atomic E-state index is 12.4. The number of piperazine rings is 1. The molecule has 1 aliphatic rings. The van der Waals surface area contributed by atoms with Crippen molar-refractivity contribution in [3.8, 4) is 0 Å². The molecule has 3 aromatic rings. The third kappa shape index (κ3) is 4.14. The number of fused-ring (bicyclic) bond motifs is 1. The molecule has 4 rings (SSSR count). The Balaban J connectivity index is 1.32. The number of carbonyl (C=O) groups is 1. The number of nitrogens with one attached hydrogen (secondary N) is 1. The number of aromatic nitrogens is 4. The molecular weight excluding hydrogens is 368 g/mol. The first-order valence-corrected chi connectivity index (χ1v) is 9.68. The van der Waals surface area contributed by atoms with Crippen LogP contribution in [-0.2, 0) is 11.8 Å². The number of anilines is 3. The molecule has 1 N–H and O–H groups in total. The summed E-state index contributed by atoms with van der Waals surface area (Å²) in [5, 5.41) is 8.22. The van der Waals surface area contributed by atoms with Gasteiger partial charge in [0.25, 0.3) is 0 Å². The van der Waals surface area contributed by atoms with Crippen LogP contribution in [0.2, 0.25) is 0 Å². The lowest BCUT2D eigenvalue weighted by molar-refractivity contribution is -0.117. The SMILES string of the molecule is CN(C)c1ccc(NC(=O)CN2CCN(c3ncnc4c3cnn4C)CC2)cc1. The first-order valence-electron chi connectivity index (χ1n) is 9.68. The number of amides is 1. The van der Waals surface area contributed by atoms with Gasteiger partial charge in [0.15, 0.2) is 5.65 Å². The van der Waals surface area contributed by atoms with E-state index in [9.17, 15) is 4.79 Å². The number of aryl methyl sites for hydroxylation is 1. The number of nitrogens with zero attached hydrogens (tertiary/aromatic N) is 7. The molecule has 1 fully saturated rings. The van der Waals surface area contributed by atoms with Crippen molar-refractivity contribution in [1.82, 2.24) is 24.6 Å². The minimum Gasteiger partial charge on any atom is -0.378 e. The molecule has 1 aliphatic heterocycles. The predicted octanol–water partition coefficient (Wildman–Crippen LogP) is 1.19. The Morgan fingerprint density at radius 2 is 1.83 bits per heavy atom. The van der Waals surface area contributed by atoms with Crippen LogP contribution in [0.25, 0.3) is 11.0 Å². The molecule has 9 heteroatoms. The highest BCUT2D eigenvalue weighted by Crippen LogP contribution is 2.23. The van der Waals surface area contributed by atoms with Crippen LogP contribution in [0.5, 0.6) is 0 Å². The van der Waals surface area contributed by atoms with Crippen LogP contribution in [0, 0.1) is 0 Å². The zero-order valence-corrected chi connectivity index (χ0v) is 17.0. The topological polar surface area (TPSA) is 82.4 Å². The van der Waals surface area contributed by atoms with Gasteiger partial charge in [-0.05, 0) is 24.3 Å². The summed E-state index contributed by atoms with van der Waals surface area (Å²) >= 11 is 0. The summed E-state index contributed by atoms with van der Waals surface area (Å²) in [6, 6.07) is 7.85. The number of hydrogen-bond donors (Lipinski definition) is 1. The molecule has 2 aromatic heterocycles. The van der Waals surface area contributed by atoms with Gasteiger partial charge in [-0.25, -0.2) is 9.97 Å². The van der Waals surface area contributed by atoms with Crippen LogP contribution in [0.1, 0.15) is 0 Å². The highest BCUT2D eigenvalue weighted by Gasteiger charge is 2.22. The third-order valence-electron chi connectivity index (χ3n) is 5.21. The smallest absolute Gasteiger partial charge is 0.238 e. The van der Waals surface area contributed by atoms with Crippen molar-refractivity contribution >= 4 is 34.1 Å². The summed E-state index contributed by atoms with van der Waals surface area (Å²) in [6.45, 7) is 3.62. The summed E-state index contributed by atoms with van der Waals surface area (Å²) in [6.07, 6.45) is 3.40. The van der Waals surface area contributed by atoms with Crippen molar-refractivity contribution in [1.29, 1.82) is 0 Å². The van der Waals surface area contributed by atoms with Gasteiger partial charge < -0.3 is 15.1 Å². The van der Waals surface area contributed by atoms with Crippen LogP contribution >= 0.6 is 0 Å². The maximum Gasteiger partial charge on any atom is 0.238 e. The Hall–Kier alpha value is -3.20. The first kappa shape index (κ1) is 19.1. The molecule has 1 saturated heterocycles. The number of carbonyl (C=O) groups excluding carboxylic acids is 1. The fourth-order valence-electron chi connectivity index (χ4n) is 3.57. The lowest BCUT2D eigenvalue weighted by Gasteiger charge is -2.35. The molecule has 1 amide bonds. The fraction of sp³-hybridized carbons (Fsp3) is 0.400. The molecule has 29 heavy (non-hydrogen) atoms. The average molecular weight is 394 g/mol. The molecule has 0 saturated carbocycles. The number of benzene rings is 1. The summed E-state index contributed by atoms with van der Waals surface area (Å²) in [5.74, 6) is 0.918. The van der Waals surface area contributed by atoms with E-state index < -0.39 is 0 Å². The second kappa shape index (κ2) is 8.04. The van der Waals surface area contributed by atoms with E-state index in [1.165, 1.54) is 0 Å². The van der Waals surface area contributed by atoms with Crippen molar-refractivity contribution in [2.45, 2.75) is 0 Å². The quantitative estimate of drug-likeness (QED) is 0.696. The van der Waals surface area contributed by atoms with Crippen LogP contribution in [0.3, 0.4) is 0 Å². The van der Waals surface area contributed by atoms with Crippen molar-refractivity contribution in [2.24, 2.45) is 7.05 Å². The van der Waals surface area contributed by atoms with Crippen molar-refractivity contribution in [3.05, 3.63) is 36.8 Å². The molecule has 0 aliphatic carbocycles. The van der Waals surface area contributed by atoms with E-state index in [4.69, 9.17) is 0 Å². The molecular formula is C20H26N8O. The van der Waals surface area contributed by atoms with Gasteiger partial charge in [-0.2, -0.15) is 5.10 Å². The average Bonchev–Trinajstić information content (AvgIpc) is 3.10. The minimum absolute atomic E-state index is 0.00717. The standard InChI is InChI=1S/C20H26N8O/c1-25(2)16-6-4-15(5-7-16)24-18(29)13-27-8-10-28(11-9-27)20-17-12-23-26(3)19(17)21-14-22-20/h4-7,12,14H,8-11,13H2,1-3H3,(H,24,29). The second-order valence-electron chi connectivity index (χ2n) is 7.46. The normalized spacial score (nSPS) is 14.9. The van der Waals surface area contributed by atoms with Crippen LogP contribution in [0.4, 0.5) is 17.2 Å². The lowest BCUT2D eigenvalue weighted by Crippen LogP contribution is -2.49. The monoisotopic (exact) mass is 394 g/mol. The molecule has 152 valence electrons. The minimum atomic E-state index is 0.00717. The zero-order valence-electron chi connectivity index (χ0n) is 17.0. The van der Waals surface area contributed by atoms with E-state index >= 15 is 0 Å². The molecule has 1 aromatic carbocycles. The van der Waals surface area contributed by atoms with E-state index in [1.54, 1.807) is 11.0 Å².